The average molecular weight is 245 g/mol. The highest BCUT2D eigenvalue weighted by atomic mass is 19.1. The Hall–Kier alpha value is -1.15. The van der Waals surface area contributed by atoms with Gasteiger partial charge in [0.1, 0.15) is 5.82 Å². The van der Waals surface area contributed by atoms with Crippen LogP contribution in [0.15, 0.2) is 36.4 Å². The monoisotopic (exact) mass is 245 g/mol. The van der Waals surface area contributed by atoms with Crippen LogP contribution in [0.2, 0.25) is 0 Å². The lowest BCUT2D eigenvalue weighted by molar-refractivity contribution is 0.257. The molecule has 0 bridgehead atoms. The Balaban J connectivity index is 1.48. The summed E-state index contributed by atoms with van der Waals surface area (Å²) in [5.41, 5.74) is 1.29. The molecule has 1 saturated carbocycles. The maximum atomic E-state index is 12.8. The third kappa shape index (κ3) is 2.64. The number of allylic oxidation sites excluding steroid dienone is 1. The predicted octanol–water partition coefficient (Wildman–Crippen LogP) is 3.77. The minimum atomic E-state index is -0.137. The molecule has 1 unspecified atom stereocenters. The van der Waals surface area contributed by atoms with Gasteiger partial charge in [-0.15, -0.1) is 0 Å². The van der Waals surface area contributed by atoms with Crippen molar-refractivity contribution in [1.82, 2.24) is 5.32 Å². The number of halogens is 1. The quantitative estimate of drug-likeness (QED) is 0.799. The Morgan fingerprint density at radius 2 is 1.78 bits per heavy atom. The van der Waals surface area contributed by atoms with E-state index in [4.69, 9.17) is 0 Å². The van der Waals surface area contributed by atoms with E-state index in [1.54, 1.807) is 12.1 Å². The van der Waals surface area contributed by atoms with E-state index in [0.717, 1.165) is 0 Å². The maximum absolute atomic E-state index is 12.8. The zero-order valence-electron chi connectivity index (χ0n) is 10.6. The molecule has 0 aliphatic heterocycles. The van der Waals surface area contributed by atoms with Gasteiger partial charge < -0.3 is 5.32 Å². The molecule has 1 atom stereocenters. The fraction of sp³-hybridized carbons (Fsp3) is 0.500. The second-order valence-electron chi connectivity index (χ2n) is 5.56. The van der Waals surface area contributed by atoms with Crippen molar-refractivity contribution in [3.8, 4) is 0 Å². The fourth-order valence-corrected chi connectivity index (χ4v) is 3.04. The molecule has 2 aliphatic carbocycles. The maximum Gasteiger partial charge on any atom is 0.123 e. The summed E-state index contributed by atoms with van der Waals surface area (Å²) in [4.78, 5) is 0. The van der Waals surface area contributed by atoms with E-state index in [1.165, 1.54) is 37.7 Å². The first-order valence-electron chi connectivity index (χ1n) is 6.98. The van der Waals surface area contributed by atoms with Crippen LogP contribution in [-0.2, 0) is 0 Å². The van der Waals surface area contributed by atoms with Gasteiger partial charge >= 0.3 is 0 Å². The summed E-state index contributed by atoms with van der Waals surface area (Å²) in [5, 5.41) is 3.74. The van der Waals surface area contributed by atoms with E-state index < -0.39 is 0 Å². The van der Waals surface area contributed by atoms with Crippen molar-refractivity contribution in [3.05, 3.63) is 47.8 Å². The first-order valence-corrected chi connectivity index (χ1v) is 6.98. The molecular weight excluding hydrogens is 225 g/mol. The number of hydrogen-bond acceptors (Lipinski definition) is 1. The van der Waals surface area contributed by atoms with Crippen LogP contribution in [0.5, 0.6) is 0 Å². The lowest BCUT2D eigenvalue weighted by atomic mass is 9.75. The normalized spacial score (nSPS) is 31.1. The highest BCUT2D eigenvalue weighted by Gasteiger charge is 2.31. The molecule has 0 spiro atoms. The van der Waals surface area contributed by atoms with Gasteiger partial charge in [-0.2, -0.15) is 0 Å². The van der Waals surface area contributed by atoms with E-state index in [9.17, 15) is 4.39 Å². The van der Waals surface area contributed by atoms with Crippen LogP contribution in [0.1, 0.15) is 43.6 Å². The van der Waals surface area contributed by atoms with Crippen LogP contribution in [0.4, 0.5) is 4.39 Å². The molecule has 0 radical (unpaired) electrons. The van der Waals surface area contributed by atoms with Crippen LogP contribution in [0.3, 0.4) is 0 Å². The van der Waals surface area contributed by atoms with Gasteiger partial charge in [0.05, 0.1) is 0 Å². The van der Waals surface area contributed by atoms with Crippen molar-refractivity contribution >= 4 is 0 Å². The van der Waals surface area contributed by atoms with Gasteiger partial charge in [0.15, 0.2) is 0 Å². The zero-order chi connectivity index (χ0) is 12.4. The molecule has 1 aromatic rings. The summed E-state index contributed by atoms with van der Waals surface area (Å²) in [5.74, 6) is 0.490. The first-order chi connectivity index (χ1) is 8.81. The summed E-state index contributed by atoms with van der Waals surface area (Å²) >= 11 is 0. The molecule has 0 amide bonds. The number of benzene rings is 1. The molecule has 1 fully saturated rings. The molecule has 1 N–H and O–H groups in total. The van der Waals surface area contributed by atoms with E-state index in [1.807, 2.05) is 12.1 Å². The van der Waals surface area contributed by atoms with E-state index in [2.05, 4.69) is 17.5 Å². The third-order valence-corrected chi connectivity index (χ3v) is 4.22. The summed E-state index contributed by atoms with van der Waals surface area (Å²) in [6.07, 6.45) is 10.6. The minimum Gasteiger partial charge on any atom is -0.311 e. The lowest BCUT2D eigenvalue weighted by Gasteiger charge is -2.39. The second-order valence-corrected chi connectivity index (χ2v) is 5.56. The van der Waals surface area contributed by atoms with Crippen molar-refractivity contribution < 1.29 is 4.39 Å². The van der Waals surface area contributed by atoms with Gasteiger partial charge in [-0.25, -0.2) is 4.39 Å². The molecular formula is C16H20FN. The van der Waals surface area contributed by atoms with Crippen LogP contribution in [0, 0.1) is 5.82 Å². The highest BCUT2D eigenvalue weighted by Crippen LogP contribution is 2.37. The lowest BCUT2D eigenvalue weighted by Crippen LogP contribution is -2.45. The number of rotatable bonds is 3. The van der Waals surface area contributed by atoms with E-state index in [0.29, 0.717) is 18.0 Å². The topological polar surface area (TPSA) is 12.0 Å². The van der Waals surface area contributed by atoms with Gasteiger partial charge in [-0.3, -0.25) is 0 Å². The molecule has 0 aromatic heterocycles. The van der Waals surface area contributed by atoms with Crippen molar-refractivity contribution in [2.75, 3.05) is 0 Å². The Morgan fingerprint density at radius 1 is 1.00 bits per heavy atom. The van der Waals surface area contributed by atoms with Crippen LogP contribution in [-0.4, -0.2) is 12.1 Å². The van der Waals surface area contributed by atoms with Crippen LogP contribution in [0.25, 0.3) is 0 Å². The standard InChI is InChI=1S/C16H20FN/c17-14-8-6-12(7-9-14)13-10-16(11-13)18-15-4-2-1-3-5-15/h1-2,6-9,13,15-16,18H,3-5,10-11H2. The molecule has 1 nitrogen and oxygen atoms in total. The van der Waals surface area contributed by atoms with Crippen LogP contribution >= 0.6 is 0 Å². The smallest absolute Gasteiger partial charge is 0.123 e. The molecule has 18 heavy (non-hydrogen) atoms. The average Bonchev–Trinajstić information content (AvgIpc) is 2.36. The number of nitrogens with one attached hydrogen (secondary N) is 1. The molecule has 96 valence electrons. The predicted molar refractivity (Wildman–Crippen MR) is 72.1 cm³/mol. The summed E-state index contributed by atoms with van der Waals surface area (Å²) in [7, 11) is 0. The van der Waals surface area contributed by atoms with Crippen LogP contribution < -0.4 is 5.32 Å². The Labute approximate surface area is 108 Å². The third-order valence-electron chi connectivity index (χ3n) is 4.22. The molecule has 2 aliphatic rings. The van der Waals surface area contributed by atoms with Crippen molar-refractivity contribution in [3.63, 3.8) is 0 Å². The van der Waals surface area contributed by atoms with Gasteiger partial charge in [0.25, 0.3) is 0 Å². The van der Waals surface area contributed by atoms with Crippen molar-refractivity contribution in [1.29, 1.82) is 0 Å². The van der Waals surface area contributed by atoms with Crippen molar-refractivity contribution in [2.45, 2.75) is 50.1 Å². The second kappa shape index (κ2) is 5.23. The molecule has 1 aromatic carbocycles. The fourth-order valence-electron chi connectivity index (χ4n) is 3.04. The largest absolute Gasteiger partial charge is 0.311 e. The SMILES string of the molecule is Fc1ccc(C2CC(NC3CC=CCC3)C2)cc1. The Morgan fingerprint density at radius 3 is 2.44 bits per heavy atom. The summed E-state index contributed by atoms with van der Waals surface area (Å²) in [6.45, 7) is 0. The van der Waals surface area contributed by atoms with Gasteiger partial charge in [0, 0.05) is 12.1 Å². The minimum absolute atomic E-state index is 0.137. The Kier molecular flexibility index (Phi) is 3.46. The van der Waals surface area contributed by atoms with E-state index in [-0.39, 0.29) is 5.82 Å². The van der Waals surface area contributed by atoms with E-state index >= 15 is 0 Å². The summed E-state index contributed by atoms with van der Waals surface area (Å²) < 4.78 is 12.8. The number of hydrogen-bond donors (Lipinski definition) is 1. The molecule has 2 heteroatoms. The molecule has 0 heterocycles. The highest BCUT2D eigenvalue weighted by molar-refractivity contribution is 5.23. The van der Waals surface area contributed by atoms with Gasteiger partial charge in [-0.05, 0) is 55.7 Å². The Bertz CT molecular complexity index is 417. The van der Waals surface area contributed by atoms with Gasteiger partial charge in [-0.1, -0.05) is 24.3 Å². The zero-order valence-corrected chi connectivity index (χ0v) is 10.6. The molecule has 0 saturated heterocycles. The first kappa shape index (κ1) is 11.9. The summed E-state index contributed by atoms with van der Waals surface area (Å²) in [6, 6.07) is 8.34. The van der Waals surface area contributed by atoms with Gasteiger partial charge in [0.2, 0.25) is 0 Å². The van der Waals surface area contributed by atoms with Crippen molar-refractivity contribution in [2.24, 2.45) is 0 Å². The molecule has 3 rings (SSSR count).